The van der Waals surface area contributed by atoms with Crippen molar-refractivity contribution in [3.63, 3.8) is 0 Å². The summed E-state index contributed by atoms with van der Waals surface area (Å²) < 4.78 is 32.0. The number of rotatable bonds is 4. The van der Waals surface area contributed by atoms with Crippen molar-refractivity contribution >= 4 is 26.8 Å². The van der Waals surface area contributed by atoms with Gasteiger partial charge < -0.3 is 9.92 Å². The zero-order valence-corrected chi connectivity index (χ0v) is 17.1. The molecule has 0 fully saturated rings. The summed E-state index contributed by atoms with van der Waals surface area (Å²) in [4.78, 5) is 14.0. The largest absolute Gasteiger partial charge is 0.379 e. The Morgan fingerprint density at radius 3 is 2.52 bits per heavy atom. The third-order valence-corrected chi connectivity index (χ3v) is 6.74. The van der Waals surface area contributed by atoms with Gasteiger partial charge in [0.25, 0.3) is 0 Å². The molecule has 150 valence electrons. The first-order valence-corrected chi connectivity index (χ1v) is 10.7. The van der Waals surface area contributed by atoms with Crippen molar-refractivity contribution < 1.29 is 17.4 Å². The van der Waals surface area contributed by atoms with Gasteiger partial charge in [-0.05, 0) is 49.0 Å². The molecule has 1 amide bonds. The van der Waals surface area contributed by atoms with E-state index in [0.29, 0.717) is 23.9 Å². The maximum Gasteiger partial charge on any atom is 0.339 e. The smallest absolute Gasteiger partial charge is 0.339 e. The molecule has 0 spiro atoms. The zero-order valence-electron chi connectivity index (χ0n) is 16.3. The van der Waals surface area contributed by atoms with E-state index >= 15 is 0 Å². The molecule has 1 aliphatic heterocycles. The predicted octanol–water partition coefficient (Wildman–Crippen LogP) is 2.93. The number of primary amides is 1. The lowest BCUT2D eigenvalue weighted by molar-refractivity contribution is -0.123. The number of hydrogen-bond acceptors (Lipinski definition) is 5. The van der Waals surface area contributed by atoms with Crippen LogP contribution in [-0.2, 0) is 21.3 Å². The molecule has 6 nitrogen and oxygen atoms in total. The van der Waals surface area contributed by atoms with Gasteiger partial charge in [0.15, 0.2) is 0 Å². The molecule has 0 aromatic heterocycles. The first-order valence-electron chi connectivity index (χ1n) is 9.34. The normalized spacial score (nSPS) is 17.1. The molecule has 1 atom stereocenters. The second kappa shape index (κ2) is 7.17. The number of fused-ring (bicyclic) bond motifs is 2. The lowest BCUT2D eigenvalue weighted by Gasteiger charge is -2.33. The van der Waals surface area contributed by atoms with E-state index in [1.165, 1.54) is 0 Å². The highest BCUT2D eigenvalue weighted by Crippen LogP contribution is 2.37. The van der Waals surface area contributed by atoms with Crippen LogP contribution in [-0.4, -0.2) is 32.8 Å². The van der Waals surface area contributed by atoms with Crippen LogP contribution in [0, 0.1) is 6.92 Å². The van der Waals surface area contributed by atoms with E-state index in [-0.39, 0.29) is 10.6 Å². The summed E-state index contributed by atoms with van der Waals surface area (Å²) in [6.45, 7) is 2.58. The van der Waals surface area contributed by atoms with Crippen molar-refractivity contribution in [1.82, 2.24) is 4.90 Å². The van der Waals surface area contributed by atoms with Crippen molar-refractivity contribution in [3.05, 3.63) is 71.3 Å². The molecule has 0 saturated heterocycles. The third-order valence-electron chi connectivity index (χ3n) is 5.44. The summed E-state index contributed by atoms with van der Waals surface area (Å²) in [7, 11) is -2.34. The summed E-state index contributed by atoms with van der Waals surface area (Å²) >= 11 is 0. The number of hydrogen-bond donors (Lipinski definition) is 1. The van der Waals surface area contributed by atoms with Crippen LogP contribution in [0.5, 0.6) is 5.75 Å². The predicted molar refractivity (Wildman–Crippen MR) is 111 cm³/mol. The van der Waals surface area contributed by atoms with E-state index in [9.17, 15) is 13.2 Å². The highest BCUT2D eigenvalue weighted by Gasteiger charge is 2.33. The minimum Gasteiger partial charge on any atom is -0.379 e. The van der Waals surface area contributed by atoms with Crippen molar-refractivity contribution in [2.24, 2.45) is 5.73 Å². The Balaban J connectivity index is 1.84. The number of benzene rings is 3. The van der Waals surface area contributed by atoms with Crippen molar-refractivity contribution in [2.45, 2.75) is 24.3 Å². The molecule has 0 saturated carbocycles. The molecule has 3 aromatic rings. The maximum absolute atomic E-state index is 13.2. The Morgan fingerprint density at radius 2 is 1.79 bits per heavy atom. The number of aryl methyl sites for hydroxylation is 1. The van der Waals surface area contributed by atoms with Crippen LogP contribution in [0.2, 0.25) is 0 Å². The molecular weight excluding hydrogens is 388 g/mol. The van der Waals surface area contributed by atoms with Gasteiger partial charge in [-0.15, -0.1) is 0 Å². The van der Waals surface area contributed by atoms with Gasteiger partial charge >= 0.3 is 10.1 Å². The first kappa shape index (κ1) is 19.4. The van der Waals surface area contributed by atoms with Crippen LogP contribution in [0.25, 0.3) is 10.8 Å². The fourth-order valence-corrected chi connectivity index (χ4v) is 5.15. The highest BCUT2D eigenvalue weighted by molar-refractivity contribution is 7.87. The lowest BCUT2D eigenvalue weighted by Crippen LogP contribution is -2.40. The molecule has 0 bridgehead atoms. The highest BCUT2D eigenvalue weighted by atomic mass is 32.2. The third kappa shape index (κ3) is 3.36. The van der Waals surface area contributed by atoms with Crippen LogP contribution in [0.3, 0.4) is 0 Å². The van der Waals surface area contributed by atoms with Gasteiger partial charge in [0.05, 0.1) is 0 Å². The average Bonchev–Trinajstić information content (AvgIpc) is 2.68. The summed E-state index contributed by atoms with van der Waals surface area (Å²) in [5.41, 5.74) is 7.99. The number of nitrogens with zero attached hydrogens (tertiary/aromatic N) is 1. The SMILES string of the molecule is Cc1ccc(S(=O)(=O)Oc2cccc3c2C(C(N)=O)N(C)CC3)c2ccccc12. The number of nitrogens with two attached hydrogens (primary N) is 1. The molecule has 4 rings (SSSR count). The van der Waals surface area contributed by atoms with Crippen molar-refractivity contribution in [3.8, 4) is 5.75 Å². The molecule has 0 radical (unpaired) electrons. The Kier molecular flexibility index (Phi) is 4.80. The quantitative estimate of drug-likeness (QED) is 0.668. The molecular formula is C22H22N2O4S. The van der Waals surface area contributed by atoms with Gasteiger partial charge in [-0.1, -0.05) is 42.5 Å². The number of likely N-dealkylation sites (N-methyl/N-ethyl adjacent to an activating group) is 1. The fraction of sp³-hybridized carbons (Fsp3) is 0.227. The number of carbonyl (C=O) groups excluding carboxylic acids is 1. The van der Waals surface area contributed by atoms with Gasteiger partial charge in [0.2, 0.25) is 5.91 Å². The Bertz CT molecular complexity index is 1220. The van der Waals surface area contributed by atoms with E-state index in [4.69, 9.17) is 9.92 Å². The van der Waals surface area contributed by atoms with Crippen molar-refractivity contribution in [2.75, 3.05) is 13.6 Å². The molecule has 2 N–H and O–H groups in total. The molecule has 1 heterocycles. The molecule has 7 heteroatoms. The lowest BCUT2D eigenvalue weighted by atomic mass is 9.92. The summed E-state index contributed by atoms with van der Waals surface area (Å²) in [5, 5.41) is 1.45. The molecule has 3 aromatic carbocycles. The first-order chi connectivity index (χ1) is 13.8. The van der Waals surface area contributed by atoms with Crippen LogP contribution in [0.4, 0.5) is 0 Å². The van der Waals surface area contributed by atoms with Crippen molar-refractivity contribution in [1.29, 1.82) is 0 Å². The topological polar surface area (TPSA) is 89.7 Å². The van der Waals surface area contributed by atoms with Gasteiger partial charge in [-0.25, -0.2) is 0 Å². The monoisotopic (exact) mass is 410 g/mol. The summed E-state index contributed by atoms with van der Waals surface area (Å²) in [6, 6.07) is 15.1. The van der Waals surface area contributed by atoms with Crippen LogP contribution < -0.4 is 9.92 Å². The Labute approximate surface area is 170 Å². The molecule has 0 aliphatic carbocycles. The van der Waals surface area contributed by atoms with Gasteiger partial charge in [0, 0.05) is 17.5 Å². The van der Waals surface area contributed by atoms with Crippen LogP contribution in [0.1, 0.15) is 22.7 Å². The fourth-order valence-electron chi connectivity index (χ4n) is 4.00. The Morgan fingerprint density at radius 1 is 1.07 bits per heavy atom. The molecule has 1 aliphatic rings. The van der Waals surface area contributed by atoms with E-state index in [1.807, 2.05) is 30.0 Å². The van der Waals surface area contributed by atoms with Crippen LogP contribution >= 0.6 is 0 Å². The second-order valence-electron chi connectivity index (χ2n) is 7.33. The zero-order chi connectivity index (χ0) is 20.8. The minimum atomic E-state index is -4.13. The summed E-state index contributed by atoms with van der Waals surface area (Å²) in [6.07, 6.45) is 0.681. The van der Waals surface area contributed by atoms with Gasteiger partial charge in [0.1, 0.15) is 16.7 Å². The number of carbonyl (C=O) groups is 1. The van der Waals surface area contributed by atoms with Crippen LogP contribution in [0.15, 0.2) is 59.5 Å². The minimum absolute atomic E-state index is 0.0936. The van der Waals surface area contributed by atoms with E-state index in [0.717, 1.165) is 16.5 Å². The van der Waals surface area contributed by atoms with Gasteiger partial charge in [-0.3, -0.25) is 9.69 Å². The van der Waals surface area contributed by atoms with E-state index in [1.54, 1.807) is 43.4 Å². The summed E-state index contributed by atoms with van der Waals surface area (Å²) in [5.74, 6) is -0.398. The van der Waals surface area contributed by atoms with E-state index < -0.39 is 22.1 Å². The Hall–Kier alpha value is -2.90. The van der Waals surface area contributed by atoms with E-state index in [2.05, 4.69) is 0 Å². The standard InChI is InChI=1S/C22H22N2O4S/c1-14-10-11-19(17-8-4-3-7-16(14)17)29(26,27)28-18-9-5-6-15-12-13-24(2)21(20(15)18)22(23)25/h3-11,21H,12-13H2,1-2H3,(H2,23,25). The second-order valence-corrected chi connectivity index (χ2v) is 8.84. The van der Waals surface area contributed by atoms with Gasteiger partial charge in [-0.2, -0.15) is 8.42 Å². The maximum atomic E-state index is 13.2. The molecule has 1 unspecified atom stereocenters. The average molecular weight is 410 g/mol. The number of amides is 1. The molecule has 29 heavy (non-hydrogen) atoms.